The van der Waals surface area contributed by atoms with Gasteiger partial charge in [0, 0.05) is 26.2 Å². The highest BCUT2D eigenvalue weighted by molar-refractivity contribution is 5.89. The van der Waals surface area contributed by atoms with Gasteiger partial charge in [-0.25, -0.2) is 9.78 Å². The molecule has 1 saturated carbocycles. The van der Waals surface area contributed by atoms with E-state index in [0.717, 1.165) is 50.6 Å². The van der Waals surface area contributed by atoms with Crippen LogP contribution in [0.15, 0.2) is 18.3 Å². The van der Waals surface area contributed by atoms with E-state index >= 15 is 0 Å². The molecule has 2 N–H and O–H groups in total. The van der Waals surface area contributed by atoms with Crippen molar-refractivity contribution in [3.8, 4) is 0 Å². The van der Waals surface area contributed by atoms with Gasteiger partial charge in [0.1, 0.15) is 5.82 Å². The first kappa shape index (κ1) is 17.6. The van der Waals surface area contributed by atoms with E-state index in [0.29, 0.717) is 5.92 Å². The van der Waals surface area contributed by atoms with Crippen LogP contribution < -0.4 is 15.5 Å². The first-order valence-corrected chi connectivity index (χ1v) is 10.1. The van der Waals surface area contributed by atoms with Crippen molar-refractivity contribution >= 4 is 17.5 Å². The standard InChI is InChI=1S/C20H30N4O2/c25-19(22-14-16-7-12-26-20(13-16)8-4-9-20)23-17-5-6-18(21-15-17)24-10-2-1-3-11-24/h5-6,15-16H,1-4,7-14H2,(H2,22,23,25). The summed E-state index contributed by atoms with van der Waals surface area (Å²) in [6.07, 6.45) is 11.3. The number of urea groups is 1. The fraction of sp³-hybridized carbons (Fsp3) is 0.700. The summed E-state index contributed by atoms with van der Waals surface area (Å²) in [6, 6.07) is 3.79. The molecule has 6 heteroatoms. The number of anilines is 2. The molecule has 6 nitrogen and oxygen atoms in total. The van der Waals surface area contributed by atoms with E-state index in [1.807, 2.05) is 12.1 Å². The van der Waals surface area contributed by atoms with Gasteiger partial charge in [0.15, 0.2) is 0 Å². The van der Waals surface area contributed by atoms with Gasteiger partial charge in [-0.3, -0.25) is 0 Å². The summed E-state index contributed by atoms with van der Waals surface area (Å²) in [6.45, 7) is 3.70. The summed E-state index contributed by atoms with van der Waals surface area (Å²) >= 11 is 0. The molecule has 3 fully saturated rings. The summed E-state index contributed by atoms with van der Waals surface area (Å²) in [5.74, 6) is 1.53. The van der Waals surface area contributed by atoms with Crippen LogP contribution in [0.5, 0.6) is 0 Å². The number of carbonyl (C=O) groups is 1. The number of pyridine rings is 1. The third kappa shape index (κ3) is 4.11. The van der Waals surface area contributed by atoms with Gasteiger partial charge in [-0.05, 0) is 69.4 Å². The molecular formula is C20H30N4O2. The summed E-state index contributed by atoms with van der Waals surface area (Å²) in [7, 11) is 0. The second-order valence-corrected chi connectivity index (χ2v) is 8.03. The summed E-state index contributed by atoms with van der Waals surface area (Å²) in [5.41, 5.74) is 0.876. The maximum absolute atomic E-state index is 12.2. The van der Waals surface area contributed by atoms with E-state index in [2.05, 4.69) is 20.5 Å². The van der Waals surface area contributed by atoms with Crippen molar-refractivity contribution in [3.63, 3.8) is 0 Å². The van der Waals surface area contributed by atoms with Gasteiger partial charge in [0.05, 0.1) is 17.5 Å². The molecule has 0 radical (unpaired) electrons. The topological polar surface area (TPSA) is 66.5 Å². The highest BCUT2D eigenvalue weighted by atomic mass is 16.5. The summed E-state index contributed by atoms with van der Waals surface area (Å²) in [5, 5.41) is 5.92. The molecule has 1 aliphatic carbocycles. The Balaban J connectivity index is 1.23. The molecule has 26 heavy (non-hydrogen) atoms. The van der Waals surface area contributed by atoms with Crippen LogP contribution in [-0.2, 0) is 4.74 Å². The molecular weight excluding hydrogens is 328 g/mol. The third-order valence-electron chi connectivity index (χ3n) is 6.10. The fourth-order valence-corrected chi connectivity index (χ4v) is 4.41. The van der Waals surface area contributed by atoms with Crippen molar-refractivity contribution in [3.05, 3.63) is 18.3 Å². The van der Waals surface area contributed by atoms with Crippen LogP contribution in [-0.4, -0.2) is 42.9 Å². The van der Waals surface area contributed by atoms with Crippen molar-refractivity contribution in [1.82, 2.24) is 10.3 Å². The first-order chi connectivity index (χ1) is 12.7. The predicted octanol–water partition coefficient (Wildman–Crippen LogP) is 3.54. The van der Waals surface area contributed by atoms with Crippen LogP contribution >= 0.6 is 0 Å². The minimum atomic E-state index is -0.147. The van der Waals surface area contributed by atoms with E-state index in [1.54, 1.807) is 6.20 Å². The quantitative estimate of drug-likeness (QED) is 0.864. The van der Waals surface area contributed by atoms with Crippen LogP contribution in [0.2, 0.25) is 0 Å². The number of amides is 2. The molecule has 142 valence electrons. The fourth-order valence-electron chi connectivity index (χ4n) is 4.41. The summed E-state index contributed by atoms with van der Waals surface area (Å²) in [4.78, 5) is 19.0. The lowest BCUT2D eigenvalue weighted by Gasteiger charge is -2.47. The Morgan fingerprint density at radius 3 is 2.77 bits per heavy atom. The molecule has 0 aromatic carbocycles. The molecule has 3 heterocycles. The molecule has 2 amide bonds. The Morgan fingerprint density at radius 2 is 2.08 bits per heavy atom. The molecule has 1 unspecified atom stereocenters. The number of aromatic nitrogens is 1. The van der Waals surface area contributed by atoms with Gasteiger partial charge in [-0.15, -0.1) is 0 Å². The SMILES string of the molecule is O=C(NCC1CCOC2(CCC2)C1)Nc1ccc(N2CCCCC2)nc1. The zero-order valence-electron chi connectivity index (χ0n) is 15.5. The van der Waals surface area contributed by atoms with Crippen molar-refractivity contribution in [2.24, 2.45) is 5.92 Å². The van der Waals surface area contributed by atoms with Crippen LogP contribution in [0.1, 0.15) is 51.4 Å². The van der Waals surface area contributed by atoms with Crippen molar-refractivity contribution in [2.45, 2.75) is 57.0 Å². The van der Waals surface area contributed by atoms with E-state index in [4.69, 9.17) is 4.74 Å². The molecule has 1 aromatic rings. The number of hydrogen-bond acceptors (Lipinski definition) is 4. The van der Waals surface area contributed by atoms with Crippen LogP contribution in [0.25, 0.3) is 0 Å². The first-order valence-electron chi connectivity index (χ1n) is 10.1. The van der Waals surface area contributed by atoms with Gasteiger partial charge in [0.25, 0.3) is 0 Å². The molecule has 1 atom stereocenters. The second kappa shape index (κ2) is 7.82. The lowest BCUT2D eigenvalue weighted by molar-refractivity contribution is -0.142. The second-order valence-electron chi connectivity index (χ2n) is 8.03. The molecule has 4 rings (SSSR count). The average Bonchev–Trinajstić information content (AvgIpc) is 2.67. The molecule has 3 aliphatic rings. The Hall–Kier alpha value is -1.82. The Bertz CT molecular complexity index is 609. The Kier molecular flexibility index (Phi) is 5.29. The van der Waals surface area contributed by atoms with Crippen LogP contribution in [0, 0.1) is 5.92 Å². The van der Waals surface area contributed by atoms with E-state index in [-0.39, 0.29) is 11.6 Å². The zero-order valence-corrected chi connectivity index (χ0v) is 15.5. The smallest absolute Gasteiger partial charge is 0.319 e. The zero-order chi connectivity index (χ0) is 17.8. The average molecular weight is 358 g/mol. The number of nitrogens with zero attached hydrogens (tertiary/aromatic N) is 2. The molecule has 1 aromatic heterocycles. The van der Waals surface area contributed by atoms with Gasteiger partial charge < -0.3 is 20.3 Å². The lowest BCUT2D eigenvalue weighted by Crippen LogP contribution is -2.47. The highest BCUT2D eigenvalue weighted by Gasteiger charge is 2.42. The van der Waals surface area contributed by atoms with Gasteiger partial charge in [-0.2, -0.15) is 0 Å². The molecule has 1 spiro atoms. The van der Waals surface area contributed by atoms with E-state index in [1.165, 1.54) is 38.5 Å². The molecule has 2 saturated heterocycles. The van der Waals surface area contributed by atoms with Crippen LogP contribution in [0.4, 0.5) is 16.3 Å². The van der Waals surface area contributed by atoms with Gasteiger partial charge in [-0.1, -0.05) is 0 Å². The van der Waals surface area contributed by atoms with Gasteiger partial charge in [0.2, 0.25) is 0 Å². The number of rotatable bonds is 4. The molecule has 2 aliphatic heterocycles. The third-order valence-corrected chi connectivity index (χ3v) is 6.10. The Labute approximate surface area is 155 Å². The summed E-state index contributed by atoms with van der Waals surface area (Å²) < 4.78 is 5.95. The highest BCUT2D eigenvalue weighted by Crippen LogP contribution is 2.44. The number of piperidine rings is 1. The van der Waals surface area contributed by atoms with E-state index in [9.17, 15) is 4.79 Å². The number of nitrogens with one attached hydrogen (secondary N) is 2. The van der Waals surface area contributed by atoms with Gasteiger partial charge >= 0.3 is 6.03 Å². The van der Waals surface area contributed by atoms with Crippen molar-refractivity contribution < 1.29 is 9.53 Å². The predicted molar refractivity (Wildman–Crippen MR) is 103 cm³/mol. The maximum atomic E-state index is 12.2. The molecule has 0 bridgehead atoms. The number of carbonyl (C=O) groups excluding carboxylic acids is 1. The largest absolute Gasteiger partial charge is 0.375 e. The number of ether oxygens (including phenoxy) is 1. The van der Waals surface area contributed by atoms with E-state index < -0.39 is 0 Å². The Morgan fingerprint density at radius 1 is 1.23 bits per heavy atom. The minimum Gasteiger partial charge on any atom is -0.375 e. The van der Waals surface area contributed by atoms with Crippen molar-refractivity contribution in [2.75, 3.05) is 36.5 Å². The maximum Gasteiger partial charge on any atom is 0.319 e. The normalized spacial score (nSPS) is 24.8. The van der Waals surface area contributed by atoms with Crippen molar-refractivity contribution in [1.29, 1.82) is 0 Å². The minimum absolute atomic E-state index is 0.134. The monoisotopic (exact) mass is 358 g/mol. The van der Waals surface area contributed by atoms with Crippen LogP contribution in [0.3, 0.4) is 0 Å². The lowest BCUT2D eigenvalue weighted by atomic mass is 9.72. The number of hydrogen-bond donors (Lipinski definition) is 2.